The monoisotopic (exact) mass is 199 g/mol. The summed E-state index contributed by atoms with van der Waals surface area (Å²) < 4.78 is 5.61. The number of nitrogens with one attached hydrogen (secondary N) is 1. The SMILES string of the molecule is CCCCCOCCC1CCCNC1. The lowest BCUT2D eigenvalue weighted by molar-refractivity contribution is 0.112. The third-order valence-electron chi connectivity index (χ3n) is 2.96. The topological polar surface area (TPSA) is 21.3 Å². The lowest BCUT2D eigenvalue weighted by Gasteiger charge is -2.22. The van der Waals surface area contributed by atoms with Crippen molar-refractivity contribution in [3.63, 3.8) is 0 Å². The minimum Gasteiger partial charge on any atom is -0.381 e. The molecule has 1 rings (SSSR count). The zero-order valence-corrected chi connectivity index (χ0v) is 9.56. The molecule has 0 bridgehead atoms. The smallest absolute Gasteiger partial charge is 0.0469 e. The van der Waals surface area contributed by atoms with E-state index in [0.29, 0.717) is 0 Å². The highest BCUT2D eigenvalue weighted by atomic mass is 16.5. The summed E-state index contributed by atoms with van der Waals surface area (Å²) in [6, 6.07) is 0. The summed E-state index contributed by atoms with van der Waals surface area (Å²) in [6.07, 6.45) is 7.82. The quantitative estimate of drug-likeness (QED) is 0.636. The van der Waals surface area contributed by atoms with Crippen LogP contribution in [0.25, 0.3) is 0 Å². The third-order valence-corrected chi connectivity index (χ3v) is 2.96. The van der Waals surface area contributed by atoms with Crippen LogP contribution in [0.5, 0.6) is 0 Å². The predicted molar refractivity (Wildman–Crippen MR) is 60.6 cm³/mol. The van der Waals surface area contributed by atoms with Crippen LogP contribution >= 0.6 is 0 Å². The molecule has 0 radical (unpaired) electrons. The third kappa shape index (κ3) is 5.61. The Morgan fingerprint density at radius 1 is 1.29 bits per heavy atom. The molecule has 0 aromatic heterocycles. The molecule has 2 nitrogen and oxygen atoms in total. The van der Waals surface area contributed by atoms with E-state index in [2.05, 4.69) is 12.2 Å². The summed E-state index contributed by atoms with van der Waals surface area (Å²) in [7, 11) is 0. The van der Waals surface area contributed by atoms with E-state index in [9.17, 15) is 0 Å². The number of hydrogen-bond acceptors (Lipinski definition) is 2. The molecular weight excluding hydrogens is 174 g/mol. The Hall–Kier alpha value is -0.0800. The van der Waals surface area contributed by atoms with E-state index in [1.54, 1.807) is 0 Å². The second-order valence-corrected chi connectivity index (χ2v) is 4.32. The van der Waals surface area contributed by atoms with Crippen molar-refractivity contribution in [1.82, 2.24) is 5.32 Å². The van der Waals surface area contributed by atoms with Gasteiger partial charge in [-0.15, -0.1) is 0 Å². The molecule has 1 unspecified atom stereocenters. The largest absolute Gasteiger partial charge is 0.381 e. The summed E-state index contributed by atoms with van der Waals surface area (Å²) in [5.41, 5.74) is 0. The standard InChI is InChI=1S/C12H25NO/c1-2-3-4-9-14-10-7-12-6-5-8-13-11-12/h12-13H,2-11H2,1H3. The van der Waals surface area contributed by atoms with Crippen LogP contribution in [0.1, 0.15) is 45.4 Å². The first kappa shape index (κ1) is 12.0. The van der Waals surface area contributed by atoms with Gasteiger partial charge in [0.1, 0.15) is 0 Å². The highest BCUT2D eigenvalue weighted by Gasteiger charge is 2.11. The van der Waals surface area contributed by atoms with E-state index in [1.165, 1.54) is 51.6 Å². The fraction of sp³-hybridized carbons (Fsp3) is 1.00. The molecule has 0 spiro atoms. The average molecular weight is 199 g/mol. The van der Waals surface area contributed by atoms with Crippen molar-refractivity contribution in [3.05, 3.63) is 0 Å². The fourth-order valence-corrected chi connectivity index (χ4v) is 1.98. The summed E-state index contributed by atoms with van der Waals surface area (Å²) >= 11 is 0. The molecule has 0 aliphatic carbocycles. The zero-order valence-electron chi connectivity index (χ0n) is 9.56. The number of ether oxygens (including phenoxy) is 1. The molecule has 0 aromatic carbocycles. The Bertz CT molecular complexity index is 121. The minimum absolute atomic E-state index is 0.870. The van der Waals surface area contributed by atoms with Gasteiger partial charge in [0.15, 0.2) is 0 Å². The molecule has 1 fully saturated rings. The maximum atomic E-state index is 5.61. The van der Waals surface area contributed by atoms with E-state index in [4.69, 9.17) is 4.74 Å². The molecule has 1 atom stereocenters. The van der Waals surface area contributed by atoms with Crippen LogP contribution in [-0.2, 0) is 4.74 Å². The fourth-order valence-electron chi connectivity index (χ4n) is 1.98. The lowest BCUT2D eigenvalue weighted by atomic mass is 9.97. The van der Waals surface area contributed by atoms with E-state index >= 15 is 0 Å². The summed E-state index contributed by atoms with van der Waals surface area (Å²) in [4.78, 5) is 0. The minimum atomic E-state index is 0.870. The second kappa shape index (κ2) is 8.25. The molecule has 0 aromatic rings. The molecule has 1 aliphatic rings. The number of rotatable bonds is 7. The van der Waals surface area contributed by atoms with Crippen LogP contribution in [0.3, 0.4) is 0 Å². The van der Waals surface area contributed by atoms with Gasteiger partial charge in [0.2, 0.25) is 0 Å². The van der Waals surface area contributed by atoms with Crippen LogP contribution in [0.2, 0.25) is 0 Å². The van der Waals surface area contributed by atoms with Crippen LogP contribution in [0.15, 0.2) is 0 Å². The maximum absolute atomic E-state index is 5.61. The first-order valence-electron chi connectivity index (χ1n) is 6.22. The molecule has 84 valence electrons. The van der Waals surface area contributed by atoms with Gasteiger partial charge in [0, 0.05) is 13.2 Å². The number of hydrogen-bond donors (Lipinski definition) is 1. The van der Waals surface area contributed by atoms with Crippen LogP contribution in [0, 0.1) is 5.92 Å². The van der Waals surface area contributed by atoms with Gasteiger partial charge in [-0.3, -0.25) is 0 Å². The first-order valence-corrected chi connectivity index (χ1v) is 6.22. The van der Waals surface area contributed by atoms with Crippen LogP contribution in [0.4, 0.5) is 0 Å². The van der Waals surface area contributed by atoms with Gasteiger partial charge >= 0.3 is 0 Å². The molecule has 0 amide bonds. The maximum Gasteiger partial charge on any atom is 0.0469 e. The summed E-state index contributed by atoms with van der Waals surface area (Å²) in [5, 5.41) is 3.44. The normalized spacial score (nSPS) is 22.5. The number of unbranched alkanes of at least 4 members (excludes halogenated alkanes) is 2. The molecule has 1 heterocycles. The van der Waals surface area contributed by atoms with Gasteiger partial charge in [-0.2, -0.15) is 0 Å². The Morgan fingerprint density at radius 3 is 2.93 bits per heavy atom. The van der Waals surface area contributed by atoms with Gasteiger partial charge in [-0.1, -0.05) is 19.8 Å². The zero-order chi connectivity index (χ0) is 10.1. The summed E-state index contributed by atoms with van der Waals surface area (Å²) in [5.74, 6) is 0.870. The van der Waals surface area contributed by atoms with Gasteiger partial charge < -0.3 is 10.1 Å². The van der Waals surface area contributed by atoms with Crippen molar-refractivity contribution in [3.8, 4) is 0 Å². The highest BCUT2D eigenvalue weighted by molar-refractivity contribution is 4.68. The van der Waals surface area contributed by atoms with Crippen molar-refractivity contribution >= 4 is 0 Å². The molecular formula is C12H25NO. The van der Waals surface area contributed by atoms with E-state index in [-0.39, 0.29) is 0 Å². The highest BCUT2D eigenvalue weighted by Crippen LogP contribution is 2.13. The van der Waals surface area contributed by atoms with Crippen LogP contribution < -0.4 is 5.32 Å². The van der Waals surface area contributed by atoms with E-state index in [0.717, 1.165) is 19.1 Å². The van der Waals surface area contributed by atoms with Crippen molar-refractivity contribution in [2.45, 2.75) is 45.4 Å². The van der Waals surface area contributed by atoms with E-state index < -0.39 is 0 Å². The molecule has 14 heavy (non-hydrogen) atoms. The second-order valence-electron chi connectivity index (χ2n) is 4.32. The molecule has 2 heteroatoms. The molecule has 0 saturated carbocycles. The first-order chi connectivity index (χ1) is 6.93. The van der Waals surface area contributed by atoms with Crippen molar-refractivity contribution in [1.29, 1.82) is 0 Å². The van der Waals surface area contributed by atoms with Gasteiger partial charge in [0.05, 0.1) is 0 Å². The van der Waals surface area contributed by atoms with Crippen LogP contribution in [-0.4, -0.2) is 26.3 Å². The van der Waals surface area contributed by atoms with Gasteiger partial charge in [0.25, 0.3) is 0 Å². The van der Waals surface area contributed by atoms with E-state index in [1.807, 2.05) is 0 Å². The molecule has 1 N–H and O–H groups in total. The Morgan fingerprint density at radius 2 is 2.21 bits per heavy atom. The van der Waals surface area contributed by atoms with Crippen molar-refractivity contribution in [2.24, 2.45) is 5.92 Å². The number of piperidine rings is 1. The summed E-state index contributed by atoms with van der Waals surface area (Å²) in [6.45, 7) is 6.59. The Balaban J connectivity index is 1.82. The van der Waals surface area contributed by atoms with Gasteiger partial charge in [-0.25, -0.2) is 0 Å². The molecule has 1 aliphatic heterocycles. The Kier molecular flexibility index (Phi) is 7.06. The van der Waals surface area contributed by atoms with Crippen molar-refractivity contribution < 1.29 is 4.74 Å². The van der Waals surface area contributed by atoms with Crippen molar-refractivity contribution in [2.75, 3.05) is 26.3 Å². The van der Waals surface area contributed by atoms with Gasteiger partial charge in [-0.05, 0) is 44.7 Å². The molecule has 1 saturated heterocycles. The Labute approximate surface area is 88.4 Å². The average Bonchev–Trinajstić information content (AvgIpc) is 2.25. The lowest BCUT2D eigenvalue weighted by Crippen LogP contribution is -2.30. The predicted octanol–water partition coefficient (Wildman–Crippen LogP) is 2.58.